The normalized spacial score (nSPS) is 19.2. The average Bonchev–Trinajstić information content (AvgIpc) is 3.04. The maximum absolute atomic E-state index is 11.7. The van der Waals surface area contributed by atoms with Gasteiger partial charge in [-0.25, -0.2) is 0 Å². The minimum absolute atomic E-state index is 0.171. The summed E-state index contributed by atoms with van der Waals surface area (Å²) in [6, 6.07) is 8.18. The zero-order valence-electron chi connectivity index (χ0n) is 22.5. The van der Waals surface area contributed by atoms with E-state index in [2.05, 4.69) is 33.8 Å². The lowest BCUT2D eigenvalue weighted by atomic mass is 10.1. The van der Waals surface area contributed by atoms with Crippen LogP contribution in [0.25, 0.3) is 10.9 Å². The second-order valence-electron chi connectivity index (χ2n) is 10.4. The number of thioether (sulfide) groups is 1. The van der Waals surface area contributed by atoms with Gasteiger partial charge >= 0.3 is 0 Å². The summed E-state index contributed by atoms with van der Waals surface area (Å²) in [5.74, 6) is 0.906. The first-order chi connectivity index (χ1) is 18.0. The number of hydrogen-bond donors (Lipinski definition) is 0. The number of benzene rings is 1. The lowest BCUT2D eigenvalue weighted by Gasteiger charge is -2.25. The third kappa shape index (κ3) is 8.11. The van der Waals surface area contributed by atoms with Gasteiger partial charge in [0.05, 0.1) is 17.4 Å². The van der Waals surface area contributed by atoms with Crippen LogP contribution in [0.4, 0.5) is 5.69 Å². The molecule has 0 saturated carbocycles. The van der Waals surface area contributed by atoms with Crippen LogP contribution in [-0.2, 0) is 9.53 Å². The number of nitrogens with zero attached hydrogens (tertiary/aromatic N) is 3. The minimum Gasteiger partial charge on any atom is -0.496 e. The van der Waals surface area contributed by atoms with Crippen molar-refractivity contribution in [1.82, 2.24) is 9.88 Å². The summed E-state index contributed by atoms with van der Waals surface area (Å²) in [4.78, 5) is 21.4. The fourth-order valence-corrected chi connectivity index (χ4v) is 6.55. The smallest absolute Gasteiger partial charge is 0.219 e. The molecule has 1 unspecified atom stereocenters. The summed E-state index contributed by atoms with van der Waals surface area (Å²) in [5, 5.41) is 2.29. The molecule has 4 rings (SSSR count). The third-order valence-corrected chi connectivity index (χ3v) is 8.89. The minimum atomic E-state index is 0.171. The Bertz CT molecular complexity index is 1080. The van der Waals surface area contributed by atoms with Crippen LogP contribution < -0.4 is 4.90 Å². The molecule has 1 aromatic heterocycles. The maximum Gasteiger partial charge on any atom is 0.219 e. The molecule has 0 aliphatic carbocycles. The van der Waals surface area contributed by atoms with Crippen LogP contribution >= 0.6 is 23.4 Å². The van der Waals surface area contributed by atoms with Crippen LogP contribution in [0.5, 0.6) is 0 Å². The van der Waals surface area contributed by atoms with Gasteiger partial charge in [0.15, 0.2) is 0 Å². The topological polar surface area (TPSA) is 45.7 Å². The van der Waals surface area contributed by atoms with Gasteiger partial charge < -0.3 is 14.5 Å². The number of pyridine rings is 1. The Morgan fingerprint density at radius 2 is 1.76 bits per heavy atom. The van der Waals surface area contributed by atoms with E-state index in [-0.39, 0.29) is 10.4 Å². The van der Waals surface area contributed by atoms with Gasteiger partial charge in [-0.05, 0) is 70.5 Å². The zero-order valence-corrected chi connectivity index (χ0v) is 24.1. The Morgan fingerprint density at radius 1 is 1.00 bits per heavy atom. The molecule has 37 heavy (non-hydrogen) atoms. The van der Waals surface area contributed by atoms with Crippen molar-refractivity contribution >= 4 is 45.1 Å². The summed E-state index contributed by atoms with van der Waals surface area (Å²) in [5.41, 5.74) is 3.07. The van der Waals surface area contributed by atoms with E-state index in [1.165, 1.54) is 87.3 Å². The van der Waals surface area contributed by atoms with E-state index in [1.807, 2.05) is 25.3 Å². The third-order valence-electron chi connectivity index (χ3n) is 7.57. The van der Waals surface area contributed by atoms with Gasteiger partial charge in [-0.2, -0.15) is 0 Å². The molecule has 7 heteroatoms. The van der Waals surface area contributed by atoms with Crippen LogP contribution in [0, 0.1) is 0 Å². The molecule has 0 N–H and O–H groups in total. The number of unbranched alkanes of at least 4 members (excludes halogenated alkanes) is 7. The number of rotatable bonds is 13. The molecule has 2 aliphatic rings. The molecule has 1 saturated heterocycles. The van der Waals surface area contributed by atoms with Crippen LogP contribution in [0.2, 0.25) is 5.02 Å². The summed E-state index contributed by atoms with van der Waals surface area (Å²) in [6.07, 6.45) is 13.3. The van der Waals surface area contributed by atoms with Gasteiger partial charge in [-0.3, -0.25) is 9.78 Å². The van der Waals surface area contributed by atoms with Crippen molar-refractivity contribution in [2.75, 3.05) is 44.2 Å². The highest BCUT2D eigenvalue weighted by atomic mass is 35.5. The van der Waals surface area contributed by atoms with Crippen molar-refractivity contribution in [2.45, 2.75) is 76.9 Å². The predicted molar refractivity (Wildman–Crippen MR) is 158 cm³/mol. The number of carbonyl (C=O) groups excluding carboxylic acids is 1. The van der Waals surface area contributed by atoms with Gasteiger partial charge in [0.2, 0.25) is 5.12 Å². The molecule has 0 bridgehead atoms. The van der Waals surface area contributed by atoms with Crippen molar-refractivity contribution in [2.24, 2.45) is 0 Å². The second-order valence-corrected chi connectivity index (χ2v) is 12.1. The molecule has 3 heterocycles. The summed E-state index contributed by atoms with van der Waals surface area (Å²) in [6.45, 7) is 10.4. The first-order valence-electron chi connectivity index (χ1n) is 14.1. The summed E-state index contributed by atoms with van der Waals surface area (Å²) >= 11 is 7.55. The highest BCUT2D eigenvalue weighted by molar-refractivity contribution is 8.15. The van der Waals surface area contributed by atoms with Crippen LogP contribution in [0.15, 0.2) is 41.8 Å². The number of fused-ring (bicyclic) bond motifs is 1. The van der Waals surface area contributed by atoms with E-state index in [0.29, 0.717) is 0 Å². The van der Waals surface area contributed by atoms with Gasteiger partial charge in [0.1, 0.15) is 5.76 Å². The molecule has 1 aromatic carbocycles. The Balaban J connectivity index is 1.04. The fraction of sp³-hybridized carbons (Fsp3) is 0.600. The molecule has 1 atom stereocenters. The van der Waals surface area contributed by atoms with E-state index < -0.39 is 0 Å². The molecule has 5 nitrogen and oxygen atoms in total. The van der Waals surface area contributed by atoms with E-state index in [1.54, 1.807) is 0 Å². The molecule has 0 amide bonds. The quantitative estimate of drug-likeness (QED) is 0.244. The Labute approximate surface area is 232 Å². The number of anilines is 1. The lowest BCUT2D eigenvalue weighted by Crippen LogP contribution is -2.31. The summed E-state index contributed by atoms with van der Waals surface area (Å²) < 4.78 is 5.90. The Kier molecular flexibility index (Phi) is 11.0. The van der Waals surface area contributed by atoms with Crippen molar-refractivity contribution in [1.29, 1.82) is 0 Å². The molecular formula is C30H42ClN3O2S. The van der Waals surface area contributed by atoms with E-state index in [9.17, 15) is 4.79 Å². The first kappa shape index (κ1) is 28.3. The average molecular weight is 544 g/mol. The summed E-state index contributed by atoms with van der Waals surface area (Å²) in [7, 11) is 0. The number of hydrogen-bond acceptors (Lipinski definition) is 6. The van der Waals surface area contributed by atoms with Crippen LogP contribution in [-0.4, -0.2) is 59.6 Å². The molecule has 2 aliphatic heterocycles. The zero-order chi connectivity index (χ0) is 26.0. The standard InChI is InChI=1S/C30H42ClN3O2S/c1-23-29(24(2)37-30(23)35)36-21-10-8-6-4-3-5-7-9-16-33-17-11-18-34(20-19-33)28-14-15-32-27-22-25(31)12-13-26(27)28/h12-15,22,24H,3-11,16-21H2,1-2H3. The largest absolute Gasteiger partial charge is 0.496 e. The van der Waals surface area contributed by atoms with Gasteiger partial charge in [-0.1, -0.05) is 61.9 Å². The van der Waals surface area contributed by atoms with Crippen molar-refractivity contribution < 1.29 is 9.53 Å². The van der Waals surface area contributed by atoms with E-state index in [0.717, 1.165) is 54.5 Å². The molecule has 0 spiro atoms. The first-order valence-corrected chi connectivity index (χ1v) is 15.3. The van der Waals surface area contributed by atoms with E-state index in [4.69, 9.17) is 16.3 Å². The maximum atomic E-state index is 11.7. The molecule has 1 fully saturated rings. The number of halogens is 1. The highest BCUT2D eigenvalue weighted by Gasteiger charge is 2.28. The number of carbonyl (C=O) groups is 1. The molecular weight excluding hydrogens is 502 g/mol. The van der Waals surface area contributed by atoms with E-state index >= 15 is 0 Å². The molecule has 2 aromatic rings. The number of ether oxygens (including phenoxy) is 1. The van der Waals surface area contributed by atoms with Crippen molar-refractivity contribution in [3.63, 3.8) is 0 Å². The monoisotopic (exact) mass is 543 g/mol. The molecule has 0 radical (unpaired) electrons. The van der Waals surface area contributed by atoms with Gasteiger partial charge in [0.25, 0.3) is 0 Å². The number of aromatic nitrogens is 1. The predicted octanol–water partition coefficient (Wildman–Crippen LogP) is 7.47. The lowest BCUT2D eigenvalue weighted by molar-refractivity contribution is -0.107. The molecule has 202 valence electrons. The van der Waals surface area contributed by atoms with Crippen molar-refractivity contribution in [3.05, 3.63) is 46.8 Å². The van der Waals surface area contributed by atoms with Crippen LogP contribution in [0.1, 0.15) is 71.6 Å². The van der Waals surface area contributed by atoms with Gasteiger partial charge in [-0.15, -0.1) is 0 Å². The SMILES string of the molecule is CC1=C(OCCCCCCCCCCN2CCCN(c3ccnc4cc(Cl)ccc34)CC2)C(C)SC1=O. The Morgan fingerprint density at radius 3 is 2.51 bits per heavy atom. The Hall–Kier alpha value is -1.76. The van der Waals surface area contributed by atoms with Crippen LogP contribution in [0.3, 0.4) is 0 Å². The van der Waals surface area contributed by atoms with Gasteiger partial charge in [0, 0.05) is 47.5 Å². The fourth-order valence-electron chi connectivity index (χ4n) is 5.43. The highest BCUT2D eigenvalue weighted by Crippen LogP contribution is 2.34. The second kappa shape index (κ2) is 14.4. The van der Waals surface area contributed by atoms with Crippen molar-refractivity contribution in [3.8, 4) is 0 Å².